The molecule has 0 bridgehead atoms. The molecular weight excluding hydrogens is 308 g/mol. The summed E-state index contributed by atoms with van der Waals surface area (Å²) >= 11 is 6.11. The molecule has 2 rings (SSSR count). The number of rotatable bonds is 4. The number of nitrogens with zero attached hydrogens (tertiary/aromatic N) is 1. The molecule has 118 valence electrons. The van der Waals surface area contributed by atoms with E-state index in [1.54, 1.807) is 0 Å². The van der Waals surface area contributed by atoms with Crippen LogP contribution in [0.5, 0.6) is 0 Å². The Morgan fingerprint density at radius 3 is 2.76 bits per heavy atom. The van der Waals surface area contributed by atoms with Crippen LogP contribution in [0.1, 0.15) is 25.8 Å². The van der Waals surface area contributed by atoms with E-state index < -0.39 is 9.84 Å². The summed E-state index contributed by atoms with van der Waals surface area (Å²) < 4.78 is 23.5. The van der Waals surface area contributed by atoms with E-state index in [-0.39, 0.29) is 11.5 Å². The molecule has 0 saturated carbocycles. The van der Waals surface area contributed by atoms with Gasteiger partial charge in [-0.25, -0.2) is 8.42 Å². The molecule has 1 aromatic rings. The average Bonchev–Trinajstić information content (AvgIpc) is 2.57. The molecule has 0 atom stereocenters. The highest BCUT2D eigenvalue weighted by Crippen LogP contribution is 2.26. The van der Waals surface area contributed by atoms with Crippen molar-refractivity contribution in [3.8, 4) is 0 Å². The molecular formula is C15H23ClN2O2S. The summed E-state index contributed by atoms with van der Waals surface area (Å²) in [6.07, 6.45) is 0.683. The number of halogens is 1. The highest BCUT2D eigenvalue weighted by molar-refractivity contribution is 7.91. The maximum absolute atomic E-state index is 11.7. The van der Waals surface area contributed by atoms with E-state index in [0.29, 0.717) is 24.0 Å². The van der Waals surface area contributed by atoms with Gasteiger partial charge in [-0.3, -0.25) is 0 Å². The highest BCUT2D eigenvalue weighted by atomic mass is 35.5. The van der Waals surface area contributed by atoms with Gasteiger partial charge in [0.2, 0.25) is 0 Å². The zero-order valence-electron chi connectivity index (χ0n) is 12.6. The molecule has 1 aliphatic rings. The minimum absolute atomic E-state index is 0.229. The van der Waals surface area contributed by atoms with Gasteiger partial charge in [0.15, 0.2) is 9.84 Å². The van der Waals surface area contributed by atoms with Crippen LogP contribution in [0.25, 0.3) is 0 Å². The molecule has 0 aliphatic carbocycles. The summed E-state index contributed by atoms with van der Waals surface area (Å²) in [5.41, 5.74) is 2.21. The van der Waals surface area contributed by atoms with Crippen LogP contribution in [0.4, 0.5) is 5.69 Å². The van der Waals surface area contributed by atoms with E-state index >= 15 is 0 Å². The van der Waals surface area contributed by atoms with E-state index in [4.69, 9.17) is 11.6 Å². The van der Waals surface area contributed by atoms with Crippen molar-refractivity contribution in [1.29, 1.82) is 0 Å². The van der Waals surface area contributed by atoms with Gasteiger partial charge in [-0.15, -0.1) is 0 Å². The molecule has 0 unspecified atom stereocenters. The van der Waals surface area contributed by atoms with Gasteiger partial charge >= 0.3 is 0 Å². The summed E-state index contributed by atoms with van der Waals surface area (Å²) in [7, 11) is -2.89. The molecule has 1 fully saturated rings. The van der Waals surface area contributed by atoms with Crippen molar-refractivity contribution in [1.82, 2.24) is 5.32 Å². The number of benzene rings is 1. The summed E-state index contributed by atoms with van der Waals surface area (Å²) in [4.78, 5) is 2.16. The molecule has 0 aromatic heterocycles. The summed E-state index contributed by atoms with van der Waals surface area (Å²) in [5, 5.41) is 4.11. The van der Waals surface area contributed by atoms with E-state index in [9.17, 15) is 8.42 Å². The fourth-order valence-corrected chi connectivity index (χ4v) is 3.96. The van der Waals surface area contributed by atoms with Crippen LogP contribution in [0.2, 0.25) is 5.02 Å². The second-order valence-corrected chi connectivity index (χ2v) is 8.54. The standard InChI is InChI=1S/C15H23ClN2O2S/c1-12(2)17-11-13-10-14(16)4-5-15(13)18-6-3-8-21(19,20)9-7-18/h4-5,10,12,17H,3,6-9,11H2,1-2H3. The van der Waals surface area contributed by atoms with Crippen LogP contribution in [0, 0.1) is 0 Å². The lowest BCUT2D eigenvalue weighted by Crippen LogP contribution is -2.29. The largest absolute Gasteiger partial charge is 0.370 e. The van der Waals surface area contributed by atoms with Gasteiger partial charge in [-0.05, 0) is 30.2 Å². The van der Waals surface area contributed by atoms with Gasteiger partial charge in [-0.1, -0.05) is 25.4 Å². The molecule has 0 radical (unpaired) electrons. The zero-order valence-corrected chi connectivity index (χ0v) is 14.2. The van der Waals surface area contributed by atoms with E-state index in [1.807, 2.05) is 18.2 Å². The first-order valence-corrected chi connectivity index (χ1v) is 9.54. The van der Waals surface area contributed by atoms with Crippen LogP contribution in [-0.2, 0) is 16.4 Å². The van der Waals surface area contributed by atoms with Gasteiger partial charge in [-0.2, -0.15) is 0 Å². The fraction of sp³-hybridized carbons (Fsp3) is 0.600. The monoisotopic (exact) mass is 330 g/mol. The van der Waals surface area contributed by atoms with Gasteiger partial charge in [0, 0.05) is 36.4 Å². The quantitative estimate of drug-likeness (QED) is 0.921. The maximum atomic E-state index is 11.7. The molecule has 1 N–H and O–H groups in total. The predicted octanol–water partition coefficient (Wildman–Crippen LogP) is 2.46. The molecule has 6 heteroatoms. The highest BCUT2D eigenvalue weighted by Gasteiger charge is 2.21. The molecule has 4 nitrogen and oxygen atoms in total. The van der Waals surface area contributed by atoms with Crippen molar-refractivity contribution in [2.24, 2.45) is 0 Å². The Hall–Kier alpha value is -0.780. The fourth-order valence-electron chi connectivity index (χ4n) is 2.50. The Kier molecular flexibility index (Phi) is 5.52. The maximum Gasteiger partial charge on any atom is 0.152 e. The van der Waals surface area contributed by atoms with E-state index in [1.165, 1.54) is 0 Å². The number of hydrogen-bond donors (Lipinski definition) is 1. The van der Waals surface area contributed by atoms with Gasteiger partial charge < -0.3 is 10.2 Å². The first-order valence-electron chi connectivity index (χ1n) is 7.34. The number of sulfone groups is 1. The third-order valence-electron chi connectivity index (χ3n) is 3.64. The Morgan fingerprint density at radius 2 is 2.05 bits per heavy atom. The molecule has 0 spiro atoms. The summed E-state index contributed by atoms with van der Waals surface area (Å²) in [5.74, 6) is 0.517. The molecule has 1 aromatic carbocycles. The van der Waals surface area contributed by atoms with E-state index in [2.05, 4.69) is 24.1 Å². The third kappa shape index (κ3) is 4.87. The smallest absolute Gasteiger partial charge is 0.152 e. The Balaban J connectivity index is 2.21. The molecule has 0 amide bonds. The van der Waals surface area contributed by atoms with E-state index in [0.717, 1.165) is 24.3 Å². The van der Waals surface area contributed by atoms with Crippen LogP contribution in [-0.4, -0.2) is 39.1 Å². The lowest BCUT2D eigenvalue weighted by Gasteiger charge is -2.25. The zero-order chi connectivity index (χ0) is 15.5. The third-order valence-corrected chi connectivity index (χ3v) is 5.59. The first kappa shape index (κ1) is 16.6. The first-order chi connectivity index (χ1) is 9.87. The second kappa shape index (κ2) is 6.99. The Bertz CT molecular complexity index is 587. The normalized spacial score (nSPS) is 18.8. The SMILES string of the molecule is CC(C)NCc1cc(Cl)ccc1N1CCCS(=O)(=O)CC1. The molecule has 21 heavy (non-hydrogen) atoms. The van der Waals surface area contributed by atoms with Crippen molar-refractivity contribution < 1.29 is 8.42 Å². The molecule has 1 aliphatic heterocycles. The molecule has 1 saturated heterocycles. The van der Waals surface area contributed by atoms with Crippen molar-refractivity contribution in [2.75, 3.05) is 29.5 Å². The minimum atomic E-state index is -2.89. The van der Waals surface area contributed by atoms with Crippen molar-refractivity contribution in [2.45, 2.75) is 32.9 Å². The topological polar surface area (TPSA) is 49.4 Å². The van der Waals surface area contributed by atoms with Crippen LogP contribution in [0.15, 0.2) is 18.2 Å². The number of nitrogens with one attached hydrogen (secondary N) is 1. The predicted molar refractivity (Wildman–Crippen MR) is 88.9 cm³/mol. The average molecular weight is 331 g/mol. The van der Waals surface area contributed by atoms with Gasteiger partial charge in [0.1, 0.15) is 0 Å². The minimum Gasteiger partial charge on any atom is -0.370 e. The number of anilines is 1. The van der Waals surface area contributed by atoms with Crippen LogP contribution in [0.3, 0.4) is 0 Å². The lowest BCUT2D eigenvalue weighted by molar-refractivity contribution is 0.588. The second-order valence-electron chi connectivity index (χ2n) is 5.80. The van der Waals surface area contributed by atoms with Crippen molar-refractivity contribution in [3.05, 3.63) is 28.8 Å². The lowest BCUT2D eigenvalue weighted by atomic mass is 10.1. The Morgan fingerprint density at radius 1 is 1.29 bits per heavy atom. The van der Waals surface area contributed by atoms with Crippen LogP contribution >= 0.6 is 11.6 Å². The summed E-state index contributed by atoms with van der Waals surface area (Å²) in [6.45, 7) is 6.26. The van der Waals surface area contributed by atoms with Crippen molar-refractivity contribution in [3.63, 3.8) is 0 Å². The number of hydrogen-bond acceptors (Lipinski definition) is 4. The summed E-state index contributed by atoms with van der Waals surface area (Å²) in [6, 6.07) is 6.22. The van der Waals surface area contributed by atoms with Gasteiger partial charge in [0.25, 0.3) is 0 Å². The van der Waals surface area contributed by atoms with Crippen LogP contribution < -0.4 is 10.2 Å². The molecule has 1 heterocycles. The van der Waals surface area contributed by atoms with Gasteiger partial charge in [0.05, 0.1) is 11.5 Å². The Labute approximate surface area is 132 Å². The van der Waals surface area contributed by atoms with Crippen molar-refractivity contribution >= 4 is 27.1 Å².